The third-order valence-electron chi connectivity index (χ3n) is 3.30. The van der Waals surface area contributed by atoms with E-state index in [9.17, 15) is 4.79 Å². The molecule has 2 rings (SSSR count). The van der Waals surface area contributed by atoms with Crippen molar-refractivity contribution < 1.29 is 14.3 Å². The molecule has 4 nitrogen and oxygen atoms in total. The standard InChI is InChI=1S/C14H19NO3/c1-17-13-11(8-5-9-12(13)15)14(16)18-10-6-3-2-4-7-10/h5,8-10H,2-4,6-7,15H2,1H3. The van der Waals surface area contributed by atoms with Crippen molar-refractivity contribution in [2.24, 2.45) is 0 Å². The van der Waals surface area contributed by atoms with Crippen LogP contribution in [0.25, 0.3) is 0 Å². The molecule has 0 heterocycles. The Morgan fingerprint density at radius 1 is 1.28 bits per heavy atom. The van der Waals surface area contributed by atoms with Crippen LogP contribution >= 0.6 is 0 Å². The zero-order chi connectivity index (χ0) is 13.0. The van der Waals surface area contributed by atoms with Crippen molar-refractivity contribution >= 4 is 11.7 Å². The Labute approximate surface area is 107 Å². The molecule has 0 aliphatic heterocycles. The van der Waals surface area contributed by atoms with Gasteiger partial charge < -0.3 is 15.2 Å². The molecule has 1 aromatic rings. The molecule has 98 valence electrons. The number of rotatable bonds is 3. The van der Waals surface area contributed by atoms with Gasteiger partial charge in [0, 0.05) is 0 Å². The van der Waals surface area contributed by atoms with Crippen LogP contribution in [0.4, 0.5) is 5.69 Å². The second kappa shape index (κ2) is 5.76. The Bertz CT molecular complexity index is 425. The van der Waals surface area contributed by atoms with Crippen LogP contribution in [0.3, 0.4) is 0 Å². The minimum atomic E-state index is -0.342. The van der Waals surface area contributed by atoms with Gasteiger partial charge in [-0.3, -0.25) is 0 Å². The number of hydrogen-bond acceptors (Lipinski definition) is 4. The molecule has 1 fully saturated rings. The number of nitrogen functional groups attached to an aromatic ring is 1. The van der Waals surface area contributed by atoms with Gasteiger partial charge in [-0.1, -0.05) is 12.5 Å². The van der Waals surface area contributed by atoms with Crippen molar-refractivity contribution in [3.8, 4) is 5.75 Å². The number of hydrogen-bond donors (Lipinski definition) is 1. The molecular weight excluding hydrogens is 230 g/mol. The number of ether oxygens (including phenoxy) is 2. The van der Waals surface area contributed by atoms with E-state index >= 15 is 0 Å². The number of anilines is 1. The zero-order valence-corrected chi connectivity index (χ0v) is 10.6. The largest absolute Gasteiger partial charge is 0.494 e. The smallest absolute Gasteiger partial charge is 0.342 e. The van der Waals surface area contributed by atoms with Crippen LogP contribution in [0.2, 0.25) is 0 Å². The number of benzene rings is 1. The lowest BCUT2D eigenvalue weighted by atomic mass is 9.98. The highest BCUT2D eigenvalue weighted by atomic mass is 16.5. The van der Waals surface area contributed by atoms with Crippen molar-refractivity contribution in [2.45, 2.75) is 38.2 Å². The Balaban J connectivity index is 2.10. The van der Waals surface area contributed by atoms with Gasteiger partial charge in [-0.25, -0.2) is 4.79 Å². The summed E-state index contributed by atoms with van der Waals surface area (Å²) in [4.78, 5) is 12.1. The summed E-state index contributed by atoms with van der Waals surface area (Å²) in [5.74, 6) is 0.0596. The molecule has 0 unspecified atom stereocenters. The van der Waals surface area contributed by atoms with E-state index < -0.39 is 0 Å². The molecule has 0 amide bonds. The number of carbonyl (C=O) groups is 1. The first-order chi connectivity index (χ1) is 8.72. The van der Waals surface area contributed by atoms with Gasteiger partial charge >= 0.3 is 5.97 Å². The molecule has 1 aliphatic rings. The van der Waals surface area contributed by atoms with Gasteiger partial charge in [0.15, 0.2) is 5.75 Å². The fourth-order valence-corrected chi connectivity index (χ4v) is 2.34. The van der Waals surface area contributed by atoms with E-state index in [0.29, 0.717) is 17.0 Å². The van der Waals surface area contributed by atoms with Crippen LogP contribution in [0.5, 0.6) is 5.75 Å². The monoisotopic (exact) mass is 249 g/mol. The van der Waals surface area contributed by atoms with Crippen molar-refractivity contribution in [3.05, 3.63) is 23.8 Å². The predicted octanol–water partition coefficient (Wildman–Crippen LogP) is 2.77. The highest BCUT2D eigenvalue weighted by Crippen LogP contribution is 2.28. The Kier molecular flexibility index (Phi) is 4.07. The maximum atomic E-state index is 12.1. The molecular formula is C14H19NO3. The first-order valence-corrected chi connectivity index (χ1v) is 6.36. The number of para-hydroxylation sites is 1. The van der Waals surface area contributed by atoms with Crippen molar-refractivity contribution in [3.63, 3.8) is 0 Å². The van der Waals surface area contributed by atoms with Crippen LogP contribution in [0, 0.1) is 0 Å². The zero-order valence-electron chi connectivity index (χ0n) is 10.6. The van der Waals surface area contributed by atoms with E-state index in [1.54, 1.807) is 18.2 Å². The first-order valence-electron chi connectivity index (χ1n) is 6.36. The second-order valence-electron chi connectivity index (χ2n) is 4.59. The molecule has 1 aromatic carbocycles. The lowest BCUT2D eigenvalue weighted by Gasteiger charge is -2.22. The van der Waals surface area contributed by atoms with Crippen molar-refractivity contribution in [1.29, 1.82) is 0 Å². The van der Waals surface area contributed by atoms with Crippen LogP contribution < -0.4 is 10.5 Å². The minimum Gasteiger partial charge on any atom is -0.494 e. The van der Waals surface area contributed by atoms with Gasteiger partial charge in [-0.2, -0.15) is 0 Å². The summed E-state index contributed by atoms with van der Waals surface area (Å²) >= 11 is 0. The summed E-state index contributed by atoms with van der Waals surface area (Å²) in [6.07, 6.45) is 5.44. The molecule has 1 aliphatic carbocycles. The highest BCUT2D eigenvalue weighted by Gasteiger charge is 2.21. The summed E-state index contributed by atoms with van der Waals surface area (Å²) in [6, 6.07) is 5.12. The quantitative estimate of drug-likeness (QED) is 0.661. The summed E-state index contributed by atoms with van der Waals surface area (Å²) in [5, 5.41) is 0. The van der Waals surface area contributed by atoms with Gasteiger partial charge in [0.1, 0.15) is 11.7 Å². The molecule has 1 saturated carbocycles. The molecule has 18 heavy (non-hydrogen) atoms. The first kappa shape index (κ1) is 12.7. The summed E-state index contributed by atoms with van der Waals surface area (Å²) < 4.78 is 10.7. The van der Waals surface area contributed by atoms with Gasteiger partial charge in [-0.15, -0.1) is 0 Å². The van der Waals surface area contributed by atoms with Crippen molar-refractivity contribution in [2.75, 3.05) is 12.8 Å². The van der Waals surface area contributed by atoms with Gasteiger partial charge in [0.25, 0.3) is 0 Å². The summed E-state index contributed by atoms with van der Waals surface area (Å²) in [7, 11) is 1.50. The Morgan fingerprint density at radius 3 is 2.67 bits per heavy atom. The fraction of sp³-hybridized carbons (Fsp3) is 0.500. The number of carbonyl (C=O) groups excluding carboxylic acids is 1. The highest BCUT2D eigenvalue weighted by molar-refractivity contribution is 5.94. The van der Waals surface area contributed by atoms with E-state index in [-0.39, 0.29) is 12.1 Å². The molecule has 4 heteroatoms. The van der Waals surface area contributed by atoms with Crippen LogP contribution in [-0.2, 0) is 4.74 Å². The van der Waals surface area contributed by atoms with Gasteiger partial charge in [0.05, 0.1) is 12.8 Å². The molecule has 0 bridgehead atoms. The van der Waals surface area contributed by atoms with Gasteiger partial charge in [0.2, 0.25) is 0 Å². The third-order valence-corrected chi connectivity index (χ3v) is 3.30. The maximum Gasteiger partial charge on any atom is 0.342 e. The minimum absolute atomic E-state index is 0.0392. The number of methoxy groups -OCH3 is 1. The summed E-state index contributed by atoms with van der Waals surface area (Å²) in [6.45, 7) is 0. The van der Waals surface area contributed by atoms with E-state index in [2.05, 4.69) is 0 Å². The number of nitrogens with two attached hydrogens (primary N) is 1. The van der Waals surface area contributed by atoms with E-state index in [0.717, 1.165) is 25.7 Å². The van der Waals surface area contributed by atoms with E-state index in [1.807, 2.05) is 0 Å². The number of esters is 1. The predicted molar refractivity (Wildman–Crippen MR) is 69.7 cm³/mol. The molecule has 0 atom stereocenters. The molecule has 0 radical (unpaired) electrons. The lowest BCUT2D eigenvalue weighted by molar-refractivity contribution is 0.0208. The van der Waals surface area contributed by atoms with E-state index in [1.165, 1.54) is 13.5 Å². The molecule has 0 aromatic heterocycles. The van der Waals surface area contributed by atoms with E-state index in [4.69, 9.17) is 15.2 Å². The molecule has 2 N–H and O–H groups in total. The van der Waals surface area contributed by atoms with Crippen LogP contribution in [0.15, 0.2) is 18.2 Å². The third kappa shape index (κ3) is 2.75. The lowest BCUT2D eigenvalue weighted by Crippen LogP contribution is -2.21. The fourth-order valence-electron chi connectivity index (χ4n) is 2.34. The van der Waals surface area contributed by atoms with Crippen LogP contribution in [-0.4, -0.2) is 19.2 Å². The maximum absolute atomic E-state index is 12.1. The van der Waals surface area contributed by atoms with Crippen LogP contribution in [0.1, 0.15) is 42.5 Å². The molecule has 0 saturated heterocycles. The topological polar surface area (TPSA) is 61.5 Å². The normalized spacial score (nSPS) is 16.3. The Morgan fingerprint density at radius 2 is 2.00 bits per heavy atom. The Hall–Kier alpha value is -1.71. The van der Waals surface area contributed by atoms with Gasteiger partial charge in [-0.05, 0) is 37.8 Å². The average molecular weight is 249 g/mol. The SMILES string of the molecule is COc1c(N)cccc1C(=O)OC1CCCCC1. The summed E-state index contributed by atoms with van der Waals surface area (Å²) in [5.41, 5.74) is 6.63. The van der Waals surface area contributed by atoms with Crippen molar-refractivity contribution in [1.82, 2.24) is 0 Å². The second-order valence-corrected chi connectivity index (χ2v) is 4.59. The average Bonchev–Trinajstić information content (AvgIpc) is 2.39. The molecule has 0 spiro atoms.